The fourth-order valence-electron chi connectivity index (χ4n) is 4.03. The third-order valence-electron chi connectivity index (χ3n) is 6.21. The minimum Gasteiger partial charge on any atom is -0.494 e. The van der Waals surface area contributed by atoms with Gasteiger partial charge in [-0.2, -0.15) is 0 Å². The normalized spacial score (nSPS) is 23.2. The van der Waals surface area contributed by atoms with E-state index in [0.29, 0.717) is 37.6 Å². The molecule has 1 aromatic carbocycles. The predicted octanol–water partition coefficient (Wildman–Crippen LogP) is 5.14. The first-order valence-corrected chi connectivity index (χ1v) is 18.4. The second-order valence-corrected chi connectivity index (χ2v) is 17.7. The number of hydrogen-bond donors (Lipinski definition) is 0. The maximum absolute atomic E-state index is 11.8. The zero-order chi connectivity index (χ0) is 28.8. The van der Waals surface area contributed by atoms with E-state index < -0.39 is 14.2 Å². The smallest absolute Gasteiger partial charge is 0.305 e. The second kappa shape index (κ2) is 17.1. The summed E-state index contributed by atoms with van der Waals surface area (Å²) in [5.41, 5.74) is -0.323. The summed E-state index contributed by atoms with van der Waals surface area (Å²) in [6.07, 6.45) is -0.305. The lowest BCUT2D eigenvalue weighted by Gasteiger charge is -2.44. The van der Waals surface area contributed by atoms with E-state index in [1.807, 2.05) is 38.1 Å². The molecular weight excluding hydrogens is 540 g/mol. The van der Waals surface area contributed by atoms with Gasteiger partial charge in [-0.05, 0) is 42.5 Å². The number of rotatable bonds is 17. The van der Waals surface area contributed by atoms with Crippen molar-refractivity contribution in [2.24, 2.45) is 5.92 Å². The standard InChI is InChI=1S/C28H46O9SSi/c1-8-38-28-27(36-21(3)29)20(2)26(35-19-32-16-17-39(5,6)7)24(37-28)18-34-23-13-11-22(12-14-23)33-15-9-10-25(30)31-4/h11-14,20,24,26-28H,8-10,15-19H2,1-7H3/t20-,24?,26+,27?,28-/m0/s1. The lowest BCUT2D eigenvalue weighted by Crippen LogP contribution is -2.56. The average molecular weight is 587 g/mol. The number of carbonyl (C=O) groups excluding carboxylic acids is 2. The minimum absolute atomic E-state index is 0.123. The number of carbonyl (C=O) groups is 2. The van der Waals surface area contributed by atoms with Crippen molar-refractivity contribution in [1.82, 2.24) is 0 Å². The Hall–Kier alpha value is -1.79. The monoisotopic (exact) mass is 586 g/mol. The van der Waals surface area contributed by atoms with Crippen LogP contribution >= 0.6 is 11.8 Å². The molecule has 2 rings (SSSR count). The third kappa shape index (κ3) is 12.5. The van der Waals surface area contributed by atoms with Gasteiger partial charge in [0, 0.05) is 33.9 Å². The summed E-state index contributed by atoms with van der Waals surface area (Å²) in [7, 11) is 0.170. The molecule has 0 N–H and O–H groups in total. The number of esters is 2. The molecule has 1 heterocycles. The van der Waals surface area contributed by atoms with Gasteiger partial charge in [-0.15, -0.1) is 11.8 Å². The van der Waals surface area contributed by atoms with Crippen LogP contribution in [0.5, 0.6) is 11.5 Å². The maximum Gasteiger partial charge on any atom is 0.305 e. The quantitative estimate of drug-likeness (QED) is 0.106. The van der Waals surface area contributed by atoms with Crippen LogP contribution in [-0.2, 0) is 33.3 Å². The molecule has 0 amide bonds. The summed E-state index contributed by atoms with van der Waals surface area (Å²) in [4.78, 5) is 23.1. The highest BCUT2D eigenvalue weighted by Crippen LogP contribution is 2.36. The average Bonchev–Trinajstić information content (AvgIpc) is 2.88. The van der Waals surface area contributed by atoms with Gasteiger partial charge in [-0.1, -0.05) is 33.5 Å². The van der Waals surface area contributed by atoms with Crippen LogP contribution in [0.4, 0.5) is 0 Å². The molecule has 1 aromatic rings. The third-order valence-corrected chi connectivity index (χ3v) is 8.96. The van der Waals surface area contributed by atoms with Gasteiger partial charge in [-0.3, -0.25) is 9.59 Å². The van der Waals surface area contributed by atoms with Crippen LogP contribution in [0, 0.1) is 5.92 Å². The van der Waals surface area contributed by atoms with E-state index in [1.165, 1.54) is 14.0 Å². The Morgan fingerprint density at radius 2 is 1.69 bits per heavy atom. The van der Waals surface area contributed by atoms with Crippen LogP contribution in [0.2, 0.25) is 25.7 Å². The van der Waals surface area contributed by atoms with Crippen LogP contribution in [0.25, 0.3) is 0 Å². The summed E-state index contributed by atoms with van der Waals surface area (Å²) in [5, 5.41) is 0. The zero-order valence-electron chi connectivity index (χ0n) is 24.4. The number of hydrogen-bond acceptors (Lipinski definition) is 10. The molecule has 39 heavy (non-hydrogen) atoms. The van der Waals surface area contributed by atoms with Crippen molar-refractivity contribution in [3.63, 3.8) is 0 Å². The summed E-state index contributed by atoms with van der Waals surface area (Å²) in [6, 6.07) is 8.36. The highest BCUT2D eigenvalue weighted by atomic mass is 32.2. The summed E-state index contributed by atoms with van der Waals surface area (Å²) in [6.45, 7) is 13.9. The number of methoxy groups -OCH3 is 1. The molecule has 5 atom stereocenters. The maximum atomic E-state index is 11.8. The molecule has 222 valence electrons. The van der Waals surface area contributed by atoms with Crippen molar-refractivity contribution in [3.8, 4) is 11.5 Å². The van der Waals surface area contributed by atoms with Crippen LogP contribution in [0.3, 0.4) is 0 Å². The lowest BCUT2D eigenvalue weighted by atomic mass is 9.91. The Balaban J connectivity index is 2.00. The molecule has 9 nitrogen and oxygen atoms in total. The van der Waals surface area contributed by atoms with Crippen molar-refractivity contribution in [1.29, 1.82) is 0 Å². The molecular formula is C28H46O9SSi. The van der Waals surface area contributed by atoms with E-state index >= 15 is 0 Å². The predicted molar refractivity (Wildman–Crippen MR) is 154 cm³/mol. The van der Waals surface area contributed by atoms with Crippen LogP contribution in [-0.4, -0.2) is 83.2 Å². The van der Waals surface area contributed by atoms with E-state index in [2.05, 4.69) is 24.4 Å². The van der Waals surface area contributed by atoms with Gasteiger partial charge in [0.1, 0.15) is 42.5 Å². The molecule has 1 aliphatic heterocycles. The second-order valence-electron chi connectivity index (χ2n) is 10.7. The van der Waals surface area contributed by atoms with Gasteiger partial charge in [-0.25, -0.2) is 0 Å². The number of benzene rings is 1. The van der Waals surface area contributed by atoms with E-state index in [-0.39, 0.29) is 48.9 Å². The number of thioether (sulfide) groups is 1. The molecule has 0 saturated carbocycles. The van der Waals surface area contributed by atoms with Gasteiger partial charge in [0.05, 0.1) is 19.8 Å². The Morgan fingerprint density at radius 1 is 1.03 bits per heavy atom. The first-order chi connectivity index (χ1) is 18.5. The first-order valence-electron chi connectivity index (χ1n) is 13.6. The van der Waals surface area contributed by atoms with Gasteiger partial charge < -0.3 is 33.2 Å². The van der Waals surface area contributed by atoms with E-state index in [9.17, 15) is 9.59 Å². The lowest BCUT2D eigenvalue weighted by molar-refractivity contribution is -0.225. The highest BCUT2D eigenvalue weighted by Gasteiger charge is 2.46. The molecule has 2 unspecified atom stereocenters. The van der Waals surface area contributed by atoms with Crippen molar-refractivity contribution in [2.75, 3.05) is 39.5 Å². The Kier molecular flexibility index (Phi) is 14.7. The molecule has 0 spiro atoms. The molecule has 0 aliphatic carbocycles. The first kappa shape index (κ1) is 33.4. The van der Waals surface area contributed by atoms with Crippen molar-refractivity contribution < 1.29 is 42.7 Å². The number of ether oxygens (including phenoxy) is 7. The van der Waals surface area contributed by atoms with Crippen molar-refractivity contribution in [2.45, 2.75) is 83.0 Å². The molecule has 1 aliphatic rings. The topological polar surface area (TPSA) is 98.8 Å². The minimum atomic E-state index is -1.20. The molecule has 11 heteroatoms. The van der Waals surface area contributed by atoms with Crippen LogP contribution < -0.4 is 9.47 Å². The molecule has 0 aromatic heterocycles. The Bertz CT molecular complexity index is 862. The fourth-order valence-corrected chi connectivity index (χ4v) is 5.83. The van der Waals surface area contributed by atoms with Gasteiger partial charge in [0.15, 0.2) is 0 Å². The van der Waals surface area contributed by atoms with E-state index in [0.717, 1.165) is 11.8 Å². The SMILES string of the molecule is CCS[C@@H]1OC(COc2ccc(OCCCC(=O)OC)cc2)[C@H](OCOCC[Si](C)(C)C)[C@H](C)C1OC(C)=O. The van der Waals surface area contributed by atoms with Crippen molar-refractivity contribution >= 4 is 31.8 Å². The fraction of sp³-hybridized carbons (Fsp3) is 0.714. The highest BCUT2D eigenvalue weighted by molar-refractivity contribution is 7.99. The molecule has 0 bridgehead atoms. The van der Waals surface area contributed by atoms with Crippen LogP contribution in [0.1, 0.15) is 33.6 Å². The molecule has 1 fully saturated rings. The summed E-state index contributed by atoms with van der Waals surface area (Å²) in [5.74, 6) is 1.46. The van der Waals surface area contributed by atoms with E-state index in [1.54, 1.807) is 11.8 Å². The zero-order valence-corrected chi connectivity index (χ0v) is 26.3. The molecule has 0 radical (unpaired) electrons. The molecule has 1 saturated heterocycles. The van der Waals surface area contributed by atoms with Gasteiger partial charge in [0.25, 0.3) is 0 Å². The Morgan fingerprint density at radius 3 is 2.28 bits per heavy atom. The summed E-state index contributed by atoms with van der Waals surface area (Å²) >= 11 is 1.60. The van der Waals surface area contributed by atoms with Crippen LogP contribution in [0.15, 0.2) is 24.3 Å². The van der Waals surface area contributed by atoms with Gasteiger partial charge in [0.2, 0.25) is 0 Å². The largest absolute Gasteiger partial charge is 0.494 e. The summed E-state index contributed by atoms with van der Waals surface area (Å²) < 4.78 is 40.5. The van der Waals surface area contributed by atoms with Gasteiger partial charge >= 0.3 is 11.9 Å². The Labute approximate surface area is 238 Å². The van der Waals surface area contributed by atoms with E-state index in [4.69, 9.17) is 28.4 Å². The van der Waals surface area contributed by atoms with Crippen molar-refractivity contribution in [3.05, 3.63) is 24.3 Å².